The van der Waals surface area contributed by atoms with E-state index in [9.17, 15) is 4.79 Å². The summed E-state index contributed by atoms with van der Waals surface area (Å²) in [4.78, 5) is 17.9. The molecular formula is C24H19ClN2O3. The van der Waals surface area contributed by atoms with Gasteiger partial charge < -0.3 is 14.8 Å². The third-order valence-corrected chi connectivity index (χ3v) is 5.10. The highest BCUT2D eigenvalue weighted by molar-refractivity contribution is 6.34. The molecule has 1 heterocycles. The number of nitrogens with zero attached hydrogens (tertiary/aromatic N) is 1. The Morgan fingerprint density at radius 2 is 1.70 bits per heavy atom. The van der Waals surface area contributed by atoms with E-state index in [0.29, 0.717) is 39.0 Å². The second kappa shape index (κ2) is 8.43. The topological polar surface area (TPSA) is 60.5 Å². The summed E-state index contributed by atoms with van der Waals surface area (Å²) in [7, 11) is 3.18. The molecule has 1 amide bonds. The van der Waals surface area contributed by atoms with Gasteiger partial charge in [-0.25, -0.2) is 4.98 Å². The number of aromatic nitrogens is 1. The lowest BCUT2D eigenvalue weighted by molar-refractivity contribution is 0.102. The molecule has 4 aromatic rings. The summed E-state index contributed by atoms with van der Waals surface area (Å²) in [5, 5.41) is 4.12. The first kappa shape index (κ1) is 19.7. The van der Waals surface area contributed by atoms with Crippen molar-refractivity contribution in [3.63, 3.8) is 0 Å². The predicted octanol–water partition coefficient (Wildman–Crippen LogP) is 5.82. The van der Waals surface area contributed by atoms with Crippen LogP contribution in [0.15, 0.2) is 72.8 Å². The number of fused-ring (bicyclic) bond motifs is 1. The molecule has 30 heavy (non-hydrogen) atoms. The summed E-state index contributed by atoms with van der Waals surface area (Å²) < 4.78 is 10.8. The number of ether oxygens (including phenoxy) is 2. The summed E-state index contributed by atoms with van der Waals surface area (Å²) in [6.45, 7) is 0. The minimum Gasteiger partial charge on any atom is -0.497 e. The highest BCUT2D eigenvalue weighted by Gasteiger charge is 2.17. The normalized spacial score (nSPS) is 10.6. The van der Waals surface area contributed by atoms with E-state index in [1.165, 1.54) is 0 Å². The first-order valence-electron chi connectivity index (χ1n) is 9.29. The summed E-state index contributed by atoms with van der Waals surface area (Å²) in [6.07, 6.45) is 0. The average molecular weight is 419 g/mol. The SMILES string of the molecule is COc1ccc(-c2cc(C(=O)Nc3ccccc3Cl)c3ccccc3n2)c(OC)c1. The van der Waals surface area contributed by atoms with Crippen LogP contribution in [0, 0.1) is 0 Å². The third kappa shape index (κ3) is 3.80. The average Bonchev–Trinajstić information content (AvgIpc) is 2.79. The summed E-state index contributed by atoms with van der Waals surface area (Å²) >= 11 is 6.21. The first-order valence-corrected chi connectivity index (χ1v) is 9.66. The van der Waals surface area contributed by atoms with Crippen molar-refractivity contribution in [2.45, 2.75) is 0 Å². The smallest absolute Gasteiger partial charge is 0.256 e. The van der Waals surface area contributed by atoms with Crippen molar-refractivity contribution < 1.29 is 14.3 Å². The molecule has 0 aliphatic heterocycles. The lowest BCUT2D eigenvalue weighted by Crippen LogP contribution is -2.13. The minimum atomic E-state index is -0.268. The zero-order chi connectivity index (χ0) is 21.1. The molecule has 0 bridgehead atoms. The number of carbonyl (C=O) groups excluding carboxylic acids is 1. The number of anilines is 1. The quantitative estimate of drug-likeness (QED) is 0.443. The number of rotatable bonds is 5. The van der Waals surface area contributed by atoms with Gasteiger partial charge in [-0.15, -0.1) is 0 Å². The maximum Gasteiger partial charge on any atom is 0.256 e. The molecule has 0 aliphatic carbocycles. The molecule has 0 saturated heterocycles. The molecule has 4 rings (SSSR count). The predicted molar refractivity (Wildman–Crippen MR) is 120 cm³/mol. The highest BCUT2D eigenvalue weighted by atomic mass is 35.5. The van der Waals surface area contributed by atoms with Gasteiger partial charge in [0.1, 0.15) is 11.5 Å². The Labute approximate surface area is 179 Å². The fraction of sp³-hybridized carbons (Fsp3) is 0.0833. The van der Waals surface area contributed by atoms with E-state index in [1.54, 1.807) is 38.5 Å². The Bertz CT molecular complexity index is 1240. The molecule has 0 aliphatic rings. The molecule has 0 atom stereocenters. The molecule has 6 heteroatoms. The number of benzene rings is 3. The van der Waals surface area contributed by atoms with Crippen LogP contribution in [0.3, 0.4) is 0 Å². The number of hydrogen-bond donors (Lipinski definition) is 1. The van der Waals surface area contributed by atoms with Crippen LogP contribution in [0.1, 0.15) is 10.4 Å². The van der Waals surface area contributed by atoms with Crippen molar-refractivity contribution in [1.82, 2.24) is 4.98 Å². The van der Waals surface area contributed by atoms with Gasteiger partial charge in [0.05, 0.1) is 41.7 Å². The van der Waals surface area contributed by atoms with Crippen LogP contribution >= 0.6 is 11.6 Å². The number of halogens is 1. The molecule has 1 aromatic heterocycles. The number of carbonyl (C=O) groups is 1. The van der Waals surface area contributed by atoms with E-state index < -0.39 is 0 Å². The van der Waals surface area contributed by atoms with Gasteiger partial charge >= 0.3 is 0 Å². The van der Waals surface area contributed by atoms with E-state index in [4.69, 9.17) is 26.1 Å². The summed E-state index contributed by atoms with van der Waals surface area (Å²) in [6, 6.07) is 21.9. The molecule has 0 fully saturated rings. The second-order valence-electron chi connectivity index (χ2n) is 6.57. The number of amides is 1. The zero-order valence-electron chi connectivity index (χ0n) is 16.5. The molecule has 0 radical (unpaired) electrons. The van der Waals surface area contributed by atoms with Crippen molar-refractivity contribution in [3.05, 3.63) is 83.4 Å². The van der Waals surface area contributed by atoms with Crippen LogP contribution in [0.2, 0.25) is 5.02 Å². The van der Waals surface area contributed by atoms with Gasteiger partial charge in [0.2, 0.25) is 0 Å². The molecule has 0 spiro atoms. The van der Waals surface area contributed by atoms with Crippen molar-refractivity contribution in [1.29, 1.82) is 0 Å². The first-order chi connectivity index (χ1) is 14.6. The molecule has 3 aromatic carbocycles. The standard InChI is InChI=1S/C24H19ClN2O3/c1-29-15-11-12-17(23(13-15)30-2)22-14-18(16-7-3-5-9-20(16)26-22)24(28)27-21-10-6-4-8-19(21)25/h3-14H,1-2H3,(H,27,28). The van der Waals surface area contributed by atoms with Gasteiger partial charge in [0, 0.05) is 17.0 Å². The van der Waals surface area contributed by atoms with Gasteiger partial charge in [-0.2, -0.15) is 0 Å². The van der Waals surface area contributed by atoms with Crippen molar-refractivity contribution >= 4 is 34.1 Å². The van der Waals surface area contributed by atoms with Gasteiger partial charge in [0.25, 0.3) is 5.91 Å². The number of hydrogen-bond acceptors (Lipinski definition) is 4. The molecule has 5 nitrogen and oxygen atoms in total. The van der Waals surface area contributed by atoms with E-state index in [1.807, 2.05) is 48.5 Å². The van der Waals surface area contributed by atoms with E-state index >= 15 is 0 Å². The lowest BCUT2D eigenvalue weighted by Gasteiger charge is -2.14. The van der Waals surface area contributed by atoms with Gasteiger partial charge in [-0.1, -0.05) is 41.9 Å². The van der Waals surface area contributed by atoms with E-state index in [2.05, 4.69) is 5.32 Å². The molecular weight excluding hydrogens is 400 g/mol. The Morgan fingerprint density at radius 1 is 0.933 bits per heavy atom. The Morgan fingerprint density at radius 3 is 2.47 bits per heavy atom. The largest absolute Gasteiger partial charge is 0.497 e. The molecule has 150 valence electrons. The Balaban J connectivity index is 1.85. The van der Waals surface area contributed by atoms with Crippen LogP contribution in [-0.2, 0) is 0 Å². The van der Waals surface area contributed by atoms with Crippen LogP contribution in [0.4, 0.5) is 5.69 Å². The monoisotopic (exact) mass is 418 g/mol. The number of pyridine rings is 1. The second-order valence-corrected chi connectivity index (χ2v) is 6.98. The van der Waals surface area contributed by atoms with E-state index in [-0.39, 0.29) is 5.91 Å². The minimum absolute atomic E-state index is 0.268. The molecule has 0 unspecified atom stereocenters. The zero-order valence-corrected chi connectivity index (χ0v) is 17.2. The van der Waals surface area contributed by atoms with Crippen LogP contribution in [0.25, 0.3) is 22.2 Å². The Hall–Kier alpha value is -3.57. The lowest BCUT2D eigenvalue weighted by atomic mass is 10.0. The van der Waals surface area contributed by atoms with E-state index in [0.717, 1.165) is 10.9 Å². The summed E-state index contributed by atoms with van der Waals surface area (Å²) in [5.41, 5.74) is 3.13. The number of nitrogens with one attached hydrogen (secondary N) is 1. The number of methoxy groups -OCH3 is 2. The van der Waals surface area contributed by atoms with Crippen LogP contribution in [-0.4, -0.2) is 25.1 Å². The van der Waals surface area contributed by atoms with Gasteiger partial charge in [-0.05, 0) is 36.4 Å². The maximum absolute atomic E-state index is 13.2. The molecule has 1 N–H and O–H groups in total. The van der Waals surface area contributed by atoms with Gasteiger partial charge in [0.15, 0.2) is 0 Å². The van der Waals surface area contributed by atoms with Gasteiger partial charge in [-0.3, -0.25) is 4.79 Å². The maximum atomic E-state index is 13.2. The van der Waals surface area contributed by atoms with Crippen molar-refractivity contribution in [3.8, 4) is 22.8 Å². The van der Waals surface area contributed by atoms with Crippen molar-refractivity contribution in [2.75, 3.05) is 19.5 Å². The molecule has 0 saturated carbocycles. The summed E-state index contributed by atoms with van der Waals surface area (Å²) in [5.74, 6) is 1.01. The fourth-order valence-electron chi connectivity index (χ4n) is 3.26. The van der Waals surface area contributed by atoms with Crippen LogP contribution < -0.4 is 14.8 Å². The van der Waals surface area contributed by atoms with Crippen LogP contribution in [0.5, 0.6) is 11.5 Å². The third-order valence-electron chi connectivity index (χ3n) is 4.77. The Kier molecular flexibility index (Phi) is 5.55. The number of para-hydroxylation sites is 2. The highest BCUT2D eigenvalue weighted by Crippen LogP contribution is 2.34. The fourth-order valence-corrected chi connectivity index (χ4v) is 3.45. The van der Waals surface area contributed by atoms with Crippen molar-refractivity contribution in [2.24, 2.45) is 0 Å².